The maximum absolute atomic E-state index is 12.5. The van der Waals surface area contributed by atoms with E-state index in [1.807, 2.05) is 16.7 Å². The van der Waals surface area contributed by atoms with Crippen LogP contribution in [0.25, 0.3) is 11.3 Å². The van der Waals surface area contributed by atoms with Crippen LogP contribution in [0, 0.1) is 0 Å². The van der Waals surface area contributed by atoms with E-state index in [4.69, 9.17) is 21.1 Å². The Morgan fingerprint density at radius 1 is 1.00 bits per heavy atom. The van der Waals surface area contributed by atoms with Gasteiger partial charge in [0.25, 0.3) is 0 Å². The molecule has 3 rings (SSSR count). The summed E-state index contributed by atoms with van der Waals surface area (Å²) in [5, 5.41) is 0.609. The highest BCUT2D eigenvalue weighted by atomic mass is 35.5. The highest BCUT2D eigenvalue weighted by Gasteiger charge is 2.31. The lowest BCUT2D eigenvalue weighted by Crippen LogP contribution is -2.14. The van der Waals surface area contributed by atoms with Crippen molar-refractivity contribution in [3.8, 4) is 11.3 Å². The minimum absolute atomic E-state index is 0.231. The van der Waals surface area contributed by atoms with Crippen LogP contribution in [0.15, 0.2) is 30.5 Å². The van der Waals surface area contributed by atoms with Crippen molar-refractivity contribution < 1.29 is 19.1 Å². The van der Waals surface area contributed by atoms with Crippen molar-refractivity contribution in [1.29, 1.82) is 0 Å². The van der Waals surface area contributed by atoms with Gasteiger partial charge in [-0.15, -0.1) is 0 Å². The van der Waals surface area contributed by atoms with Crippen LogP contribution in [0.2, 0.25) is 5.02 Å². The third-order valence-corrected chi connectivity index (χ3v) is 5.17. The quantitative estimate of drug-likeness (QED) is 0.714. The summed E-state index contributed by atoms with van der Waals surface area (Å²) >= 11 is 6.02. The van der Waals surface area contributed by atoms with Crippen molar-refractivity contribution >= 4 is 23.5 Å². The molecule has 0 atom stereocenters. The summed E-state index contributed by atoms with van der Waals surface area (Å²) in [7, 11) is 2.62. The molecule has 1 saturated carbocycles. The van der Waals surface area contributed by atoms with E-state index in [0.717, 1.165) is 31.2 Å². The fraction of sp³-hybridized carbons (Fsp3) is 0.400. The number of halogens is 1. The van der Waals surface area contributed by atoms with Gasteiger partial charge in [-0.1, -0.05) is 43.0 Å². The number of methoxy groups -OCH3 is 2. The normalized spacial score (nSPS) is 14.9. The predicted octanol–water partition coefficient (Wildman–Crippen LogP) is 4.89. The Balaban J connectivity index is 2.24. The van der Waals surface area contributed by atoms with E-state index in [1.54, 1.807) is 18.3 Å². The number of carbonyl (C=O) groups is 2. The van der Waals surface area contributed by atoms with Crippen LogP contribution >= 0.6 is 11.6 Å². The molecule has 5 nitrogen and oxygen atoms in total. The van der Waals surface area contributed by atoms with Crippen LogP contribution in [0.1, 0.15) is 58.9 Å². The number of esters is 2. The first-order chi connectivity index (χ1) is 12.6. The molecule has 0 saturated heterocycles. The van der Waals surface area contributed by atoms with Crippen molar-refractivity contribution in [2.75, 3.05) is 14.2 Å². The first kappa shape index (κ1) is 18.5. The Hall–Kier alpha value is -2.27. The van der Waals surface area contributed by atoms with Crippen LogP contribution < -0.4 is 0 Å². The lowest BCUT2D eigenvalue weighted by atomic mass is 9.94. The van der Waals surface area contributed by atoms with E-state index >= 15 is 0 Å². The summed E-state index contributed by atoms with van der Waals surface area (Å²) in [6.45, 7) is 0. The third kappa shape index (κ3) is 3.49. The summed E-state index contributed by atoms with van der Waals surface area (Å²) in [5.41, 5.74) is 1.97. The van der Waals surface area contributed by atoms with E-state index in [9.17, 15) is 9.59 Å². The van der Waals surface area contributed by atoms with E-state index in [-0.39, 0.29) is 17.2 Å². The predicted molar refractivity (Wildman–Crippen MR) is 99.7 cm³/mol. The van der Waals surface area contributed by atoms with Crippen LogP contribution in [0.4, 0.5) is 0 Å². The molecule has 1 aromatic heterocycles. The average Bonchev–Trinajstić information content (AvgIpc) is 3.08. The molecule has 1 aliphatic carbocycles. The second-order valence-corrected chi connectivity index (χ2v) is 6.89. The van der Waals surface area contributed by atoms with Crippen molar-refractivity contribution in [3.63, 3.8) is 0 Å². The molecule has 0 amide bonds. The first-order valence-electron chi connectivity index (χ1n) is 8.74. The van der Waals surface area contributed by atoms with Gasteiger partial charge in [-0.3, -0.25) is 0 Å². The summed E-state index contributed by atoms with van der Waals surface area (Å²) in [6, 6.07) is 7.48. The number of benzene rings is 1. The Bertz CT molecular complexity index is 804. The van der Waals surface area contributed by atoms with Gasteiger partial charge in [0.1, 0.15) is 0 Å². The van der Waals surface area contributed by atoms with Gasteiger partial charge < -0.3 is 14.0 Å². The molecule has 138 valence electrons. The van der Waals surface area contributed by atoms with E-state index in [2.05, 4.69) is 0 Å². The Morgan fingerprint density at radius 3 is 2.19 bits per heavy atom. The van der Waals surface area contributed by atoms with E-state index in [1.165, 1.54) is 20.6 Å². The molecule has 0 N–H and O–H groups in total. The van der Waals surface area contributed by atoms with Gasteiger partial charge in [0.05, 0.1) is 31.0 Å². The molecular formula is C20H22ClNO4. The molecule has 0 spiro atoms. The molecule has 1 heterocycles. The number of hydrogen-bond donors (Lipinski definition) is 0. The lowest BCUT2D eigenvalue weighted by Gasteiger charge is -2.26. The molecule has 1 aliphatic rings. The molecule has 1 aromatic carbocycles. The largest absolute Gasteiger partial charge is 0.465 e. The summed E-state index contributed by atoms with van der Waals surface area (Å²) in [6.07, 6.45) is 7.22. The highest BCUT2D eigenvalue weighted by Crippen LogP contribution is 2.37. The van der Waals surface area contributed by atoms with Crippen LogP contribution in [0.5, 0.6) is 0 Å². The second kappa shape index (κ2) is 7.96. The lowest BCUT2D eigenvalue weighted by molar-refractivity contribution is 0.0557. The monoisotopic (exact) mass is 375 g/mol. The molecule has 0 unspecified atom stereocenters. The fourth-order valence-corrected chi connectivity index (χ4v) is 3.77. The van der Waals surface area contributed by atoms with Crippen molar-refractivity contribution in [3.05, 3.63) is 46.6 Å². The summed E-state index contributed by atoms with van der Waals surface area (Å²) < 4.78 is 11.9. The topological polar surface area (TPSA) is 57.5 Å². The number of carbonyl (C=O) groups excluding carboxylic acids is 2. The molecule has 26 heavy (non-hydrogen) atoms. The van der Waals surface area contributed by atoms with Gasteiger partial charge in [0.2, 0.25) is 0 Å². The summed E-state index contributed by atoms with van der Waals surface area (Å²) in [5.74, 6) is -1.10. The Labute approximate surface area is 157 Å². The van der Waals surface area contributed by atoms with Gasteiger partial charge in [-0.05, 0) is 30.5 Å². The number of rotatable bonds is 4. The minimum atomic E-state index is -0.551. The van der Waals surface area contributed by atoms with Crippen LogP contribution in [-0.2, 0) is 9.47 Å². The molecular weight excluding hydrogens is 354 g/mol. The second-order valence-electron chi connectivity index (χ2n) is 6.46. The van der Waals surface area contributed by atoms with Gasteiger partial charge >= 0.3 is 11.9 Å². The standard InChI is InChI=1S/C20H22ClNO4/c1-25-19(23)16-12-22(15-6-4-3-5-7-15)18(17(16)20(24)26-2)13-8-10-14(21)11-9-13/h8-12,15H,3-7H2,1-2H3. The maximum Gasteiger partial charge on any atom is 0.340 e. The maximum atomic E-state index is 12.5. The Kier molecular flexibility index (Phi) is 5.67. The smallest absolute Gasteiger partial charge is 0.340 e. The van der Waals surface area contributed by atoms with Crippen molar-refractivity contribution in [1.82, 2.24) is 4.57 Å². The Morgan fingerprint density at radius 2 is 1.62 bits per heavy atom. The zero-order valence-corrected chi connectivity index (χ0v) is 15.7. The number of hydrogen-bond acceptors (Lipinski definition) is 4. The number of nitrogens with zero attached hydrogens (tertiary/aromatic N) is 1. The molecule has 2 aromatic rings. The third-order valence-electron chi connectivity index (χ3n) is 4.91. The van der Waals surface area contributed by atoms with E-state index in [0.29, 0.717) is 10.7 Å². The van der Waals surface area contributed by atoms with Crippen LogP contribution in [0.3, 0.4) is 0 Å². The average molecular weight is 376 g/mol. The zero-order valence-electron chi connectivity index (χ0n) is 15.0. The first-order valence-corrected chi connectivity index (χ1v) is 9.12. The van der Waals surface area contributed by atoms with E-state index < -0.39 is 11.9 Å². The number of aromatic nitrogens is 1. The minimum Gasteiger partial charge on any atom is -0.465 e. The SMILES string of the molecule is COC(=O)c1cn(C2CCCCC2)c(-c2ccc(Cl)cc2)c1C(=O)OC. The molecule has 1 fully saturated rings. The van der Waals surface area contributed by atoms with Gasteiger partial charge in [-0.2, -0.15) is 0 Å². The number of ether oxygens (including phenoxy) is 2. The fourth-order valence-electron chi connectivity index (χ4n) is 3.65. The zero-order chi connectivity index (χ0) is 18.7. The summed E-state index contributed by atoms with van der Waals surface area (Å²) in [4.78, 5) is 24.9. The van der Waals surface area contributed by atoms with Crippen molar-refractivity contribution in [2.24, 2.45) is 0 Å². The van der Waals surface area contributed by atoms with Gasteiger partial charge in [-0.25, -0.2) is 9.59 Å². The van der Waals surface area contributed by atoms with Crippen LogP contribution in [-0.4, -0.2) is 30.7 Å². The molecule has 0 bridgehead atoms. The highest BCUT2D eigenvalue weighted by molar-refractivity contribution is 6.30. The van der Waals surface area contributed by atoms with Gasteiger partial charge in [0, 0.05) is 17.3 Å². The molecule has 0 aliphatic heterocycles. The molecule has 6 heteroatoms. The molecule has 0 radical (unpaired) electrons. The van der Waals surface area contributed by atoms with Crippen molar-refractivity contribution in [2.45, 2.75) is 38.1 Å². The van der Waals surface area contributed by atoms with Gasteiger partial charge in [0.15, 0.2) is 0 Å².